The van der Waals surface area contributed by atoms with Crippen molar-refractivity contribution in [3.63, 3.8) is 0 Å². The highest BCUT2D eigenvalue weighted by atomic mass is 16.5. The first-order valence-electron chi connectivity index (χ1n) is 7.97. The Balaban J connectivity index is 1.55. The lowest BCUT2D eigenvalue weighted by molar-refractivity contribution is -0.128. The third kappa shape index (κ3) is 3.24. The van der Waals surface area contributed by atoms with Crippen molar-refractivity contribution in [1.82, 2.24) is 14.7 Å². The molecular formula is C17H25N3O2. The van der Waals surface area contributed by atoms with Crippen LogP contribution in [0.25, 0.3) is 6.08 Å². The molecule has 0 bridgehead atoms. The van der Waals surface area contributed by atoms with Crippen molar-refractivity contribution in [1.29, 1.82) is 0 Å². The molecule has 1 spiro atoms. The molecule has 1 amide bonds. The van der Waals surface area contributed by atoms with Gasteiger partial charge < -0.3 is 9.64 Å². The Kier molecular flexibility index (Phi) is 3.85. The van der Waals surface area contributed by atoms with E-state index in [0.29, 0.717) is 0 Å². The van der Waals surface area contributed by atoms with Gasteiger partial charge in [0.05, 0.1) is 18.4 Å². The Bertz CT molecular complexity index is 580. The number of hydrogen-bond acceptors (Lipinski definition) is 3. The molecule has 2 aliphatic rings. The van der Waals surface area contributed by atoms with Gasteiger partial charge in [-0.2, -0.15) is 5.10 Å². The molecule has 1 aromatic rings. The molecule has 0 unspecified atom stereocenters. The molecule has 2 aliphatic heterocycles. The summed E-state index contributed by atoms with van der Waals surface area (Å²) in [6, 6.07) is 0. The monoisotopic (exact) mass is 303 g/mol. The van der Waals surface area contributed by atoms with Gasteiger partial charge in [-0.3, -0.25) is 9.48 Å². The summed E-state index contributed by atoms with van der Waals surface area (Å²) in [4.78, 5) is 14.2. The minimum absolute atomic E-state index is 0.00755. The van der Waals surface area contributed by atoms with Gasteiger partial charge in [0.15, 0.2) is 0 Å². The molecule has 2 saturated heterocycles. The van der Waals surface area contributed by atoms with E-state index < -0.39 is 0 Å². The quantitative estimate of drug-likeness (QED) is 0.787. The minimum atomic E-state index is -0.00755. The van der Waals surface area contributed by atoms with Gasteiger partial charge in [0.2, 0.25) is 5.91 Å². The van der Waals surface area contributed by atoms with Gasteiger partial charge in [0.1, 0.15) is 0 Å². The van der Waals surface area contributed by atoms with Crippen molar-refractivity contribution in [3.8, 4) is 0 Å². The van der Waals surface area contributed by atoms with Crippen LogP contribution < -0.4 is 0 Å². The van der Waals surface area contributed by atoms with Crippen LogP contribution >= 0.6 is 0 Å². The fraction of sp³-hybridized carbons (Fsp3) is 0.647. The van der Waals surface area contributed by atoms with Crippen molar-refractivity contribution in [2.24, 2.45) is 12.5 Å². The van der Waals surface area contributed by atoms with Crippen LogP contribution in [-0.2, 0) is 16.6 Å². The predicted molar refractivity (Wildman–Crippen MR) is 85.1 cm³/mol. The summed E-state index contributed by atoms with van der Waals surface area (Å²) in [7, 11) is 1.87. The number of ether oxygens (including phenoxy) is 1. The van der Waals surface area contributed by atoms with E-state index in [1.54, 1.807) is 17.0 Å². The molecule has 0 radical (unpaired) electrons. The van der Waals surface area contributed by atoms with Gasteiger partial charge >= 0.3 is 0 Å². The summed E-state index contributed by atoms with van der Waals surface area (Å²) in [6.45, 7) is 6.82. The normalized spacial score (nSPS) is 23.5. The second-order valence-electron chi connectivity index (χ2n) is 7.33. The topological polar surface area (TPSA) is 47.4 Å². The molecule has 0 aromatic carbocycles. The van der Waals surface area contributed by atoms with Crippen molar-refractivity contribution in [2.75, 3.05) is 19.7 Å². The molecule has 0 aliphatic carbocycles. The van der Waals surface area contributed by atoms with Gasteiger partial charge in [-0.15, -0.1) is 0 Å². The van der Waals surface area contributed by atoms with Gasteiger partial charge in [-0.1, -0.05) is 0 Å². The summed E-state index contributed by atoms with van der Waals surface area (Å²) < 4.78 is 7.64. The third-order valence-electron chi connectivity index (χ3n) is 4.85. The summed E-state index contributed by atoms with van der Waals surface area (Å²) in [5.41, 5.74) is 1.23. The fourth-order valence-electron chi connectivity index (χ4n) is 3.68. The maximum absolute atomic E-state index is 12.3. The molecule has 3 heterocycles. The standard InChI is InChI=1S/C17H25N3O2/c1-16(2)12-17(13-22-16)6-8-20(9-7-17)15(21)5-4-14-10-18-19(3)11-14/h4-5,10-11H,6-9,12-13H2,1-3H3/b5-4+. The van der Waals surface area contributed by atoms with E-state index >= 15 is 0 Å². The van der Waals surface area contributed by atoms with Crippen LogP contribution in [-0.4, -0.2) is 45.9 Å². The zero-order valence-electron chi connectivity index (χ0n) is 13.7. The SMILES string of the molecule is Cn1cc(/C=C/C(=O)N2CCC3(CC2)COC(C)(C)C3)cn1. The summed E-state index contributed by atoms with van der Waals surface area (Å²) in [5, 5.41) is 4.10. The second-order valence-corrected chi connectivity index (χ2v) is 7.33. The minimum Gasteiger partial charge on any atom is -0.375 e. The van der Waals surface area contributed by atoms with Crippen LogP contribution in [0.15, 0.2) is 18.5 Å². The summed E-state index contributed by atoms with van der Waals surface area (Å²) in [6.07, 6.45) is 10.3. The van der Waals surface area contributed by atoms with Crippen LogP contribution in [0.4, 0.5) is 0 Å². The third-order valence-corrected chi connectivity index (χ3v) is 4.85. The molecule has 2 fully saturated rings. The maximum atomic E-state index is 12.3. The molecule has 0 N–H and O–H groups in total. The number of carbonyl (C=O) groups is 1. The molecule has 22 heavy (non-hydrogen) atoms. The average Bonchev–Trinajstić information content (AvgIpc) is 3.01. The Morgan fingerprint density at radius 3 is 2.64 bits per heavy atom. The lowest BCUT2D eigenvalue weighted by Gasteiger charge is -2.38. The van der Waals surface area contributed by atoms with Crippen LogP contribution in [0.3, 0.4) is 0 Å². The molecule has 3 rings (SSSR count). The van der Waals surface area contributed by atoms with E-state index in [9.17, 15) is 4.79 Å². The van der Waals surface area contributed by atoms with Crippen molar-refractivity contribution in [3.05, 3.63) is 24.0 Å². The fourth-order valence-corrected chi connectivity index (χ4v) is 3.68. The van der Waals surface area contributed by atoms with Gasteiger partial charge in [0.25, 0.3) is 0 Å². The number of piperidine rings is 1. The first-order valence-corrected chi connectivity index (χ1v) is 7.97. The number of aromatic nitrogens is 2. The first-order chi connectivity index (χ1) is 10.4. The lowest BCUT2D eigenvalue weighted by atomic mass is 9.74. The molecule has 5 nitrogen and oxygen atoms in total. The molecule has 1 aromatic heterocycles. The smallest absolute Gasteiger partial charge is 0.246 e. The van der Waals surface area contributed by atoms with E-state index in [4.69, 9.17) is 4.74 Å². The predicted octanol–water partition coefficient (Wildman–Crippen LogP) is 2.24. The highest BCUT2D eigenvalue weighted by Gasteiger charge is 2.46. The van der Waals surface area contributed by atoms with E-state index in [0.717, 1.165) is 44.5 Å². The molecule has 0 saturated carbocycles. The number of aryl methyl sites for hydroxylation is 1. The maximum Gasteiger partial charge on any atom is 0.246 e. The Labute approximate surface area is 131 Å². The van der Waals surface area contributed by atoms with Gasteiger partial charge in [0, 0.05) is 38.0 Å². The number of rotatable bonds is 2. The lowest BCUT2D eigenvalue weighted by Crippen LogP contribution is -2.43. The molecule has 120 valence electrons. The average molecular weight is 303 g/mol. The van der Waals surface area contributed by atoms with Crippen LogP contribution in [0, 0.1) is 5.41 Å². The highest BCUT2D eigenvalue weighted by molar-refractivity contribution is 5.91. The zero-order chi connectivity index (χ0) is 15.8. The van der Waals surface area contributed by atoms with Crippen LogP contribution in [0.5, 0.6) is 0 Å². The van der Waals surface area contributed by atoms with Gasteiger partial charge in [-0.05, 0) is 44.6 Å². The van der Waals surface area contributed by atoms with E-state index in [2.05, 4.69) is 18.9 Å². The molecular weight excluding hydrogens is 278 g/mol. The first kappa shape index (κ1) is 15.3. The Morgan fingerprint density at radius 1 is 1.36 bits per heavy atom. The second kappa shape index (κ2) is 5.54. The summed E-state index contributed by atoms with van der Waals surface area (Å²) in [5.74, 6) is 0.0943. The number of likely N-dealkylation sites (tertiary alicyclic amines) is 1. The largest absolute Gasteiger partial charge is 0.375 e. The number of amides is 1. The van der Waals surface area contributed by atoms with Crippen molar-refractivity contribution >= 4 is 12.0 Å². The number of nitrogens with zero attached hydrogens (tertiary/aromatic N) is 3. The van der Waals surface area contributed by atoms with E-state index in [-0.39, 0.29) is 16.9 Å². The zero-order valence-corrected chi connectivity index (χ0v) is 13.7. The van der Waals surface area contributed by atoms with E-state index in [1.807, 2.05) is 24.2 Å². The summed E-state index contributed by atoms with van der Waals surface area (Å²) >= 11 is 0. The number of hydrogen-bond donors (Lipinski definition) is 0. The Morgan fingerprint density at radius 2 is 2.09 bits per heavy atom. The van der Waals surface area contributed by atoms with Crippen molar-refractivity contribution < 1.29 is 9.53 Å². The van der Waals surface area contributed by atoms with Gasteiger partial charge in [-0.25, -0.2) is 0 Å². The van der Waals surface area contributed by atoms with Crippen LogP contribution in [0.1, 0.15) is 38.7 Å². The van der Waals surface area contributed by atoms with Crippen LogP contribution in [0.2, 0.25) is 0 Å². The Hall–Kier alpha value is -1.62. The highest BCUT2D eigenvalue weighted by Crippen LogP contribution is 2.46. The number of carbonyl (C=O) groups excluding carboxylic acids is 1. The van der Waals surface area contributed by atoms with E-state index in [1.165, 1.54) is 0 Å². The molecule has 5 heteroatoms. The molecule has 0 atom stereocenters. The van der Waals surface area contributed by atoms with Crippen molar-refractivity contribution in [2.45, 2.75) is 38.7 Å².